The van der Waals surface area contributed by atoms with E-state index >= 15 is 0 Å². The summed E-state index contributed by atoms with van der Waals surface area (Å²) in [6, 6.07) is 19.7. The van der Waals surface area contributed by atoms with Gasteiger partial charge < -0.3 is 9.47 Å². The summed E-state index contributed by atoms with van der Waals surface area (Å²) in [5.74, 6) is 0.330. The van der Waals surface area contributed by atoms with Crippen LogP contribution in [0.5, 0.6) is 11.5 Å². The Kier molecular flexibility index (Phi) is 7.90. The van der Waals surface area contributed by atoms with E-state index in [9.17, 15) is 14.4 Å². The molecule has 0 spiro atoms. The third kappa shape index (κ3) is 5.32. The molecule has 204 valence electrons. The van der Waals surface area contributed by atoms with E-state index in [1.165, 1.54) is 25.6 Å². The number of aromatic amines is 1. The van der Waals surface area contributed by atoms with Crippen LogP contribution in [-0.4, -0.2) is 28.6 Å². The summed E-state index contributed by atoms with van der Waals surface area (Å²) in [6.07, 6.45) is -0.824. The van der Waals surface area contributed by atoms with Gasteiger partial charge in [-0.1, -0.05) is 53.7 Å². The molecule has 1 aliphatic rings. The van der Waals surface area contributed by atoms with Crippen molar-refractivity contribution in [1.82, 2.24) is 10.1 Å². The number of hydrogen-bond acceptors (Lipinski definition) is 7. The first-order chi connectivity index (χ1) is 19.3. The molecule has 9 nitrogen and oxygen atoms in total. The molecule has 0 radical (unpaired) electrons. The van der Waals surface area contributed by atoms with Gasteiger partial charge in [0.25, 0.3) is 6.17 Å². The molecule has 4 aromatic rings. The molecule has 1 aliphatic heterocycles. The summed E-state index contributed by atoms with van der Waals surface area (Å²) in [7, 11) is 0. The fourth-order valence-electron chi connectivity index (χ4n) is 4.63. The van der Waals surface area contributed by atoms with Crippen molar-refractivity contribution >= 4 is 40.9 Å². The summed E-state index contributed by atoms with van der Waals surface area (Å²) < 4.78 is 12.7. The van der Waals surface area contributed by atoms with E-state index in [1.807, 2.05) is 43.3 Å². The molecule has 1 unspecified atom stereocenters. The fourth-order valence-corrected chi connectivity index (χ4v) is 5.77. The number of benzene rings is 3. The number of hydrogen-bond donors (Lipinski definition) is 1. The monoisotopic (exact) mass is 577 g/mol. The molecule has 1 aromatic heterocycles. The average molecular weight is 578 g/mol. The van der Waals surface area contributed by atoms with Crippen LogP contribution in [-0.2, 0) is 15.3 Å². The SMILES string of the molecule is CCOc1cc(C2N(C(C)=O)c3ccccc3-c3c(=O)[nH]c(SCc4ccccc4Cl)n[n+]32)ccc1OC(C)=O. The topological polar surface area (TPSA) is 105 Å². The number of carbonyl (C=O) groups excluding carboxylic acids is 2. The van der Waals surface area contributed by atoms with Crippen LogP contribution < -0.4 is 24.6 Å². The van der Waals surface area contributed by atoms with E-state index in [0.717, 1.165) is 5.56 Å². The first-order valence-electron chi connectivity index (χ1n) is 12.5. The zero-order valence-corrected chi connectivity index (χ0v) is 23.6. The van der Waals surface area contributed by atoms with E-state index in [1.54, 1.807) is 39.9 Å². The van der Waals surface area contributed by atoms with Gasteiger partial charge in [0.15, 0.2) is 11.5 Å². The Morgan fingerprint density at radius 2 is 1.82 bits per heavy atom. The summed E-state index contributed by atoms with van der Waals surface area (Å²) in [5.41, 5.74) is 2.61. The largest absolute Gasteiger partial charge is 0.490 e. The number of ether oxygens (including phenoxy) is 2. The van der Waals surface area contributed by atoms with Crippen LogP contribution in [0.3, 0.4) is 0 Å². The first-order valence-corrected chi connectivity index (χ1v) is 13.9. The molecule has 1 amide bonds. The highest BCUT2D eigenvalue weighted by molar-refractivity contribution is 7.98. The molecule has 1 N–H and O–H groups in total. The van der Waals surface area contributed by atoms with E-state index in [4.69, 9.17) is 26.2 Å². The molecule has 40 heavy (non-hydrogen) atoms. The van der Waals surface area contributed by atoms with E-state index in [0.29, 0.717) is 50.8 Å². The van der Waals surface area contributed by atoms with Gasteiger partial charge in [0.1, 0.15) is 0 Å². The van der Waals surface area contributed by atoms with Crippen LogP contribution in [0.15, 0.2) is 76.7 Å². The lowest BCUT2D eigenvalue weighted by molar-refractivity contribution is -0.763. The second-order valence-electron chi connectivity index (χ2n) is 8.95. The quantitative estimate of drug-likeness (QED) is 0.144. The lowest BCUT2D eigenvalue weighted by atomic mass is 10.0. The molecule has 0 aliphatic carbocycles. The molecular weight excluding hydrogens is 552 g/mol. The zero-order chi connectivity index (χ0) is 28.4. The molecule has 0 saturated carbocycles. The van der Waals surface area contributed by atoms with Crippen LogP contribution in [0, 0.1) is 0 Å². The number of anilines is 1. The van der Waals surface area contributed by atoms with Crippen LogP contribution in [0.2, 0.25) is 5.02 Å². The minimum absolute atomic E-state index is 0.245. The van der Waals surface area contributed by atoms with Crippen LogP contribution in [0.25, 0.3) is 11.3 Å². The van der Waals surface area contributed by atoms with Gasteiger partial charge in [-0.25, -0.2) is 4.90 Å². The number of nitrogens with zero attached hydrogens (tertiary/aromatic N) is 3. The van der Waals surface area contributed by atoms with Crippen molar-refractivity contribution in [2.24, 2.45) is 0 Å². The van der Waals surface area contributed by atoms with E-state index in [-0.39, 0.29) is 17.2 Å². The van der Waals surface area contributed by atoms with Gasteiger partial charge in [-0.2, -0.15) is 0 Å². The molecule has 3 aromatic carbocycles. The second kappa shape index (κ2) is 11.5. The maximum atomic E-state index is 13.6. The Labute approximate surface area is 239 Å². The highest BCUT2D eigenvalue weighted by atomic mass is 35.5. The highest BCUT2D eigenvalue weighted by Crippen LogP contribution is 2.39. The standard InChI is InChI=1S/C29H25ClN4O5S/c1-4-38-25-15-19(13-14-24(25)39-18(3)36)28-33(17(2)35)23-12-8-6-10-21(23)26-27(37)31-29(32-34(26)28)40-16-20-9-5-7-11-22(20)30/h5-15,28H,4,16H2,1-3H3/p+1. The van der Waals surface area contributed by atoms with Crippen molar-refractivity contribution in [1.29, 1.82) is 0 Å². The Balaban J connectivity index is 1.68. The third-order valence-electron chi connectivity index (χ3n) is 6.24. The number of rotatable bonds is 7. The molecule has 11 heteroatoms. The average Bonchev–Trinajstić information content (AvgIpc) is 2.92. The lowest BCUT2D eigenvalue weighted by Crippen LogP contribution is -2.60. The molecule has 1 atom stereocenters. The van der Waals surface area contributed by atoms with Crippen molar-refractivity contribution < 1.29 is 23.7 Å². The fraction of sp³-hybridized carbons (Fsp3) is 0.207. The van der Waals surface area contributed by atoms with Crippen LogP contribution in [0.1, 0.15) is 38.1 Å². The molecule has 0 bridgehead atoms. The van der Waals surface area contributed by atoms with Crippen molar-refractivity contribution in [3.8, 4) is 22.8 Å². The van der Waals surface area contributed by atoms with Gasteiger partial charge in [0.05, 0.1) is 17.9 Å². The van der Waals surface area contributed by atoms with Crippen molar-refractivity contribution in [3.05, 3.63) is 93.2 Å². The predicted octanol–water partition coefficient (Wildman–Crippen LogP) is 4.91. The number of carbonyl (C=O) groups is 2. The number of esters is 1. The lowest BCUT2D eigenvalue weighted by Gasteiger charge is -2.31. The summed E-state index contributed by atoms with van der Waals surface area (Å²) in [4.78, 5) is 42.9. The number of aromatic nitrogens is 3. The Bertz CT molecular complexity index is 1670. The molecule has 0 saturated heterocycles. The zero-order valence-electron chi connectivity index (χ0n) is 22.0. The number of fused-ring (bicyclic) bond motifs is 3. The van der Waals surface area contributed by atoms with Gasteiger partial charge in [-0.05, 0) is 53.6 Å². The summed E-state index contributed by atoms with van der Waals surface area (Å²) in [6.45, 7) is 4.91. The third-order valence-corrected chi connectivity index (χ3v) is 7.52. The summed E-state index contributed by atoms with van der Waals surface area (Å²) in [5, 5.41) is 5.80. The van der Waals surface area contributed by atoms with Gasteiger partial charge >= 0.3 is 17.2 Å². The smallest absolute Gasteiger partial charge is 0.325 e. The van der Waals surface area contributed by atoms with Crippen LogP contribution in [0.4, 0.5) is 5.69 Å². The number of para-hydroxylation sites is 1. The van der Waals surface area contributed by atoms with Gasteiger partial charge in [0.2, 0.25) is 11.1 Å². The van der Waals surface area contributed by atoms with Crippen LogP contribution >= 0.6 is 23.4 Å². The Morgan fingerprint density at radius 3 is 2.55 bits per heavy atom. The number of halogens is 1. The van der Waals surface area contributed by atoms with Crippen molar-refractivity contribution in [2.75, 3.05) is 11.5 Å². The molecule has 5 rings (SSSR count). The highest BCUT2D eigenvalue weighted by Gasteiger charge is 2.45. The Morgan fingerprint density at radius 1 is 1.07 bits per heavy atom. The van der Waals surface area contributed by atoms with Gasteiger partial charge in [-0.15, -0.1) is 0 Å². The van der Waals surface area contributed by atoms with Crippen molar-refractivity contribution in [3.63, 3.8) is 0 Å². The maximum Gasteiger partial charge on any atom is 0.325 e. The number of amides is 1. The van der Waals surface area contributed by atoms with Gasteiger partial charge in [-0.3, -0.25) is 19.4 Å². The number of nitrogens with one attached hydrogen (secondary N) is 1. The second-order valence-corrected chi connectivity index (χ2v) is 10.3. The number of H-pyrrole nitrogens is 1. The predicted molar refractivity (Wildman–Crippen MR) is 152 cm³/mol. The normalized spacial score (nSPS) is 13.8. The Hall–Kier alpha value is -4.15. The van der Waals surface area contributed by atoms with Crippen molar-refractivity contribution in [2.45, 2.75) is 37.8 Å². The van der Waals surface area contributed by atoms with E-state index in [2.05, 4.69) is 4.98 Å². The molecule has 0 fully saturated rings. The van der Waals surface area contributed by atoms with Gasteiger partial charge in [0, 0.05) is 35.3 Å². The van der Waals surface area contributed by atoms with E-state index < -0.39 is 12.1 Å². The minimum Gasteiger partial charge on any atom is -0.490 e. The number of thioether (sulfide) groups is 1. The minimum atomic E-state index is -0.824. The summed E-state index contributed by atoms with van der Waals surface area (Å²) >= 11 is 7.66. The molecule has 2 heterocycles. The first kappa shape index (κ1) is 27.4. The molecular formula is C29H26ClN4O5S+. The maximum absolute atomic E-state index is 13.6.